The minimum atomic E-state index is -6.00. The number of rotatable bonds is 7. The topological polar surface area (TPSA) is 7.76 Å². The van der Waals surface area contributed by atoms with E-state index in [1.54, 1.807) is 0 Å². The Bertz CT molecular complexity index is 768. The first kappa shape index (κ1) is 31.9. The second-order valence-corrected chi connectivity index (χ2v) is 8.05. The van der Waals surface area contributed by atoms with Crippen molar-refractivity contribution in [3.63, 3.8) is 0 Å². The van der Waals surface area contributed by atoms with Crippen LogP contribution in [0.3, 0.4) is 0 Å². The van der Waals surface area contributed by atoms with E-state index in [4.69, 9.17) is 0 Å². The zero-order valence-corrected chi connectivity index (χ0v) is 20.6. The van der Waals surface area contributed by atoms with Crippen molar-refractivity contribution in [1.82, 2.24) is 0 Å². The van der Waals surface area contributed by atoms with Crippen LogP contribution in [0.1, 0.15) is 62.3 Å². The average molecular weight is 500 g/mol. The fourth-order valence-corrected chi connectivity index (χ4v) is 3.52. The average Bonchev–Trinajstić information content (AvgIpc) is 2.64. The highest BCUT2D eigenvalue weighted by atomic mass is 19.5. The normalized spacial score (nSPS) is 11.4. The Labute approximate surface area is 197 Å². The van der Waals surface area contributed by atoms with Crippen LogP contribution in [0.5, 0.6) is 0 Å². The Morgan fingerprint density at radius 2 is 0.735 bits per heavy atom. The highest BCUT2D eigenvalue weighted by molar-refractivity contribution is 6.50. The van der Waals surface area contributed by atoms with E-state index in [1.165, 1.54) is 59.6 Å². The SMILES string of the molecule is CCCC[n+]1c(C)cc(-c2cc(C)[n+](CCCC)c(C)c2)cc1C.F[B-](F)(F)F.F[B-](F)(F)F. The van der Waals surface area contributed by atoms with Gasteiger partial charge in [0.25, 0.3) is 0 Å². The largest absolute Gasteiger partial charge is 0.673 e. The van der Waals surface area contributed by atoms with Gasteiger partial charge >= 0.3 is 14.5 Å². The van der Waals surface area contributed by atoms with Gasteiger partial charge in [-0.05, 0) is 11.1 Å². The molecule has 0 aliphatic heterocycles. The Morgan fingerprint density at radius 3 is 0.912 bits per heavy atom. The summed E-state index contributed by atoms with van der Waals surface area (Å²) in [6.45, 7) is 15.7. The van der Waals surface area contributed by atoms with Gasteiger partial charge < -0.3 is 34.5 Å². The Morgan fingerprint density at radius 1 is 0.529 bits per heavy atom. The van der Waals surface area contributed by atoms with Crippen molar-refractivity contribution in [1.29, 1.82) is 0 Å². The summed E-state index contributed by atoms with van der Waals surface area (Å²) in [6, 6.07) is 9.36. The third-order valence-electron chi connectivity index (χ3n) is 4.96. The standard InChI is InChI=1S/C22H34N2.2BF4/c1-7-9-11-23-17(3)13-21(14-18(23)4)22-15-19(5)24(12-10-8-2)20(6)16-22;2*2-1(3,4)5/h13-16H,7-12H2,1-6H3;;/q+2;2*-1. The zero-order chi connectivity index (χ0) is 26.7. The lowest BCUT2D eigenvalue weighted by Gasteiger charge is -2.10. The van der Waals surface area contributed by atoms with Crippen molar-refractivity contribution >= 4 is 14.5 Å². The van der Waals surface area contributed by atoms with Crippen molar-refractivity contribution in [2.75, 3.05) is 0 Å². The van der Waals surface area contributed by atoms with Crippen LogP contribution < -0.4 is 9.13 Å². The van der Waals surface area contributed by atoms with Crippen molar-refractivity contribution in [3.8, 4) is 11.1 Å². The van der Waals surface area contributed by atoms with Crippen LogP contribution in [0.25, 0.3) is 11.1 Å². The number of halogens is 8. The molecule has 0 aromatic carbocycles. The molecule has 2 aromatic heterocycles. The molecule has 0 spiro atoms. The van der Waals surface area contributed by atoms with Gasteiger partial charge in [0.1, 0.15) is 13.1 Å². The van der Waals surface area contributed by atoms with Crippen LogP contribution >= 0.6 is 0 Å². The van der Waals surface area contributed by atoms with Crippen molar-refractivity contribution < 1.29 is 43.7 Å². The molecular weight excluding hydrogens is 466 g/mol. The van der Waals surface area contributed by atoms with E-state index in [1.807, 2.05) is 0 Å². The zero-order valence-electron chi connectivity index (χ0n) is 20.6. The van der Waals surface area contributed by atoms with Crippen LogP contribution in [-0.2, 0) is 13.1 Å². The van der Waals surface area contributed by atoms with Crippen molar-refractivity contribution in [3.05, 3.63) is 47.0 Å². The maximum Gasteiger partial charge on any atom is 0.673 e. The summed E-state index contributed by atoms with van der Waals surface area (Å²) < 4.78 is 82.9. The van der Waals surface area contributed by atoms with Gasteiger partial charge in [0.15, 0.2) is 22.8 Å². The predicted molar refractivity (Wildman–Crippen MR) is 121 cm³/mol. The summed E-state index contributed by atoms with van der Waals surface area (Å²) in [6.07, 6.45) is 4.96. The third-order valence-corrected chi connectivity index (χ3v) is 4.96. The Hall–Kier alpha value is -2.13. The minimum absolute atomic E-state index is 1.12. The number of nitrogens with zero attached hydrogens (tertiary/aromatic N) is 2. The van der Waals surface area contributed by atoms with Crippen LogP contribution in [-0.4, -0.2) is 14.5 Å². The summed E-state index contributed by atoms with van der Waals surface area (Å²) >= 11 is 0. The summed E-state index contributed by atoms with van der Waals surface area (Å²) in [5.74, 6) is 0. The summed E-state index contributed by atoms with van der Waals surface area (Å²) in [4.78, 5) is 0. The highest BCUT2D eigenvalue weighted by Crippen LogP contribution is 2.21. The highest BCUT2D eigenvalue weighted by Gasteiger charge is 2.21. The van der Waals surface area contributed by atoms with Crippen LogP contribution in [0.2, 0.25) is 0 Å². The molecule has 0 saturated carbocycles. The summed E-state index contributed by atoms with van der Waals surface area (Å²) in [5.41, 5.74) is 8.11. The molecule has 0 aliphatic carbocycles. The first-order valence-corrected chi connectivity index (χ1v) is 11.2. The minimum Gasteiger partial charge on any atom is -0.418 e. The molecule has 2 aromatic rings. The Kier molecular flexibility index (Phi) is 13.4. The van der Waals surface area contributed by atoms with Crippen LogP contribution in [0.15, 0.2) is 24.3 Å². The molecular formula is C22H34B2F8N2. The van der Waals surface area contributed by atoms with E-state index in [0.717, 1.165) is 13.1 Å². The van der Waals surface area contributed by atoms with E-state index >= 15 is 0 Å². The quantitative estimate of drug-likeness (QED) is 0.213. The van der Waals surface area contributed by atoms with Crippen LogP contribution in [0, 0.1) is 27.7 Å². The molecule has 0 radical (unpaired) electrons. The van der Waals surface area contributed by atoms with E-state index in [0.29, 0.717) is 0 Å². The smallest absolute Gasteiger partial charge is 0.418 e. The lowest BCUT2D eigenvalue weighted by atomic mass is 10.0. The molecule has 2 heterocycles. The third kappa shape index (κ3) is 14.2. The van der Waals surface area contributed by atoms with Gasteiger partial charge in [-0.25, -0.2) is 9.13 Å². The lowest BCUT2D eigenvalue weighted by molar-refractivity contribution is -0.709. The molecule has 0 aliphatic rings. The van der Waals surface area contributed by atoms with Gasteiger partial charge in [0, 0.05) is 64.8 Å². The molecule has 0 atom stereocenters. The van der Waals surface area contributed by atoms with Gasteiger partial charge in [-0.15, -0.1) is 0 Å². The van der Waals surface area contributed by atoms with E-state index in [2.05, 4.69) is 74.9 Å². The molecule has 194 valence electrons. The number of hydrogen-bond acceptors (Lipinski definition) is 0. The first-order chi connectivity index (χ1) is 15.5. The first-order valence-electron chi connectivity index (χ1n) is 11.2. The van der Waals surface area contributed by atoms with Gasteiger partial charge in [-0.1, -0.05) is 26.7 Å². The van der Waals surface area contributed by atoms with E-state index in [-0.39, 0.29) is 0 Å². The number of pyridine rings is 2. The number of unbranched alkanes of at least 4 members (excludes halogenated alkanes) is 2. The predicted octanol–water partition coefficient (Wildman–Crippen LogP) is 7.36. The second kappa shape index (κ2) is 14.3. The van der Waals surface area contributed by atoms with E-state index < -0.39 is 14.5 Å². The van der Waals surface area contributed by atoms with Crippen molar-refractivity contribution in [2.45, 2.75) is 80.3 Å². The monoisotopic (exact) mass is 500 g/mol. The molecule has 0 amide bonds. The molecule has 2 rings (SSSR count). The molecule has 0 bridgehead atoms. The van der Waals surface area contributed by atoms with Gasteiger partial charge in [0.05, 0.1) is 0 Å². The summed E-state index contributed by atoms with van der Waals surface area (Å²) in [5, 5.41) is 0. The Balaban J connectivity index is 0.000000916. The van der Waals surface area contributed by atoms with Gasteiger partial charge in [0.2, 0.25) is 0 Å². The maximum atomic E-state index is 9.75. The van der Waals surface area contributed by atoms with E-state index in [9.17, 15) is 34.5 Å². The number of aromatic nitrogens is 2. The lowest BCUT2D eigenvalue weighted by Crippen LogP contribution is -2.41. The number of aryl methyl sites for hydroxylation is 4. The van der Waals surface area contributed by atoms with Gasteiger partial charge in [-0.2, -0.15) is 0 Å². The summed E-state index contributed by atoms with van der Waals surface area (Å²) in [7, 11) is -12.0. The van der Waals surface area contributed by atoms with Gasteiger partial charge in [-0.3, -0.25) is 0 Å². The fraction of sp³-hybridized carbons (Fsp3) is 0.545. The number of hydrogen-bond donors (Lipinski definition) is 0. The molecule has 34 heavy (non-hydrogen) atoms. The molecule has 12 heteroatoms. The van der Waals surface area contributed by atoms with Crippen molar-refractivity contribution in [2.24, 2.45) is 0 Å². The molecule has 2 nitrogen and oxygen atoms in total. The fourth-order valence-electron chi connectivity index (χ4n) is 3.52. The molecule has 0 saturated heterocycles. The van der Waals surface area contributed by atoms with Crippen LogP contribution in [0.4, 0.5) is 34.5 Å². The maximum absolute atomic E-state index is 9.75. The molecule has 0 N–H and O–H groups in total. The molecule has 0 fully saturated rings. The second-order valence-electron chi connectivity index (χ2n) is 8.05. The molecule has 0 unspecified atom stereocenters.